The summed E-state index contributed by atoms with van der Waals surface area (Å²) in [5.74, 6) is 1.49. The number of para-hydroxylation sites is 2. The van der Waals surface area contributed by atoms with Crippen LogP contribution in [0.1, 0.15) is 6.92 Å². The van der Waals surface area contributed by atoms with Crippen molar-refractivity contribution in [2.45, 2.75) is 6.92 Å². The zero-order valence-electron chi connectivity index (χ0n) is 9.23. The number of benzene rings is 1. The van der Waals surface area contributed by atoms with Crippen molar-refractivity contribution in [3.63, 3.8) is 0 Å². The third kappa shape index (κ3) is 2.25. The van der Waals surface area contributed by atoms with Gasteiger partial charge in [-0.2, -0.15) is 0 Å². The van der Waals surface area contributed by atoms with Gasteiger partial charge in [0.25, 0.3) is 0 Å². The number of anilines is 1. The van der Waals surface area contributed by atoms with Crippen LogP contribution >= 0.6 is 11.6 Å². The predicted octanol–water partition coefficient (Wildman–Crippen LogP) is 2.69. The van der Waals surface area contributed by atoms with E-state index in [0.29, 0.717) is 5.88 Å². The van der Waals surface area contributed by atoms with Gasteiger partial charge in [-0.1, -0.05) is 12.1 Å². The molecule has 0 N–H and O–H groups in total. The molecule has 0 unspecified atom stereocenters. The molecule has 3 nitrogen and oxygen atoms in total. The van der Waals surface area contributed by atoms with Crippen LogP contribution in [0.5, 0.6) is 0 Å². The lowest BCUT2D eigenvalue weighted by atomic mass is 10.3. The lowest BCUT2D eigenvalue weighted by Crippen LogP contribution is -2.25. The number of nitrogens with zero attached hydrogens (tertiary/aromatic N) is 3. The quantitative estimate of drug-likeness (QED) is 0.763. The first-order chi connectivity index (χ1) is 7.85. The SMILES string of the molecule is CCN(CCCl)c1cnc2ccccc2n1. The van der Waals surface area contributed by atoms with Crippen LogP contribution in [0.4, 0.5) is 5.82 Å². The fourth-order valence-electron chi connectivity index (χ4n) is 1.64. The van der Waals surface area contributed by atoms with E-state index in [0.717, 1.165) is 29.9 Å². The van der Waals surface area contributed by atoms with Crippen LogP contribution in [0.25, 0.3) is 11.0 Å². The summed E-state index contributed by atoms with van der Waals surface area (Å²) in [6.45, 7) is 3.77. The second kappa shape index (κ2) is 5.12. The molecule has 0 aliphatic carbocycles. The monoisotopic (exact) mass is 235 g/mol. The van der Waals surface area contributed by atoms with Crippen molar-refractivity contribution in [3.05, 3.63) is 30.5 Å². The third-order valence-corrected chi connectivity index (χ3v) is 2.67. The van der Waals surface area contributed by atoms with Gasteiger partial charge < -0.3 is 4.90 Å². The molecule has 1 aromatic carbocycles. The second-order valence-electron chi connectivity index (χ2n) is 3.49. The van der Waals surface area contributed by atoms with Crippen molar-refractivity contribution < 1.29 is 0 Å². The fraction of sp³-hybridized carbons (Fsp3) is 0.333. The van der Waals surface area contributed by atoms with Gasteiger partial charge in [-0.05, 0) is 19.1 Å². The van der Waals surface area contributed by atoms with Crippen molar-refractivity contribution in [3.8, 4) is 0 Å². The van der Waals surface area contributed by atoms with E-state index in [1.54, 1.807) is 6.20 Å². The Labute approximate surface area is 100 Å². The van der Waals surface area contributed by atoms with Crippen LogP contribution in [0.3, 0.4) is 0 Å². The van der Waals surface area contributed by atoms with Crippen molar-refractivity contribution in [2.75, 3.05) is 23.9 Å². The average molecular weight is 236 g/mol. The van der Waals surface area contributed by atoms with E-state index in [-0.39, 0.29) is 0 Å². The van der Waals surface area contributed by atoms with Crippen molar-refractivity contribution in [1.82, 2.24) is 9.97 Å². The molecule has 2 rings (SSSR count). The Hall–Kier alpha value is -1.35. The highest BCUT2D eigenvalue weighted by molar-refractivity contribution is 6.18. The maximum absolute atomic E-state index is 5.75. The van der Waals surface area contributed by atoms with Gasteiger partial charge in [0.15, 0.2) is 0 Å². The maximum atomic E-state index is 5.75. The maximum Gasteiger partial charge on any atom is 0.147 e. The summed E-state index contributed by atoms with van der Waals surface area (Å²) in [6.07, 6.45) is 1.80. The number of halogens is 1. The first kappa shape index (κ1) is 11.1. The van der Waals surface area contributed by atoms with Gasteiger partial charge in [-0.3, -0.25) is 4.98 Å². The van der Waals surface area contributed by atoms with E-state index in [4.69, 9.17) is 11.6 Å². The summed E-state index contributed by atoms with van der Waals surface area (Å²) < 4.78 is 0. The summed E-state index contributed by atoms with van der Waals surface area (Å²) >= 11 is 5.75. The van der Waals surface area contributed by atoms with Crippen molar-refractivity contribution in [1.29, 1.82) is 0 Å². The van der Waals surface area contributed by atoms with E-state index in [2.05, 4.69) is 21.8 Å². The molecule has 0 saturated heterocycles. The molecule has 1 aromatic heterocycles. The standard InChI is InChI=1S/C12H14ClN3/c1-2-16(8-7-13)12-9-14-10-5-3-4-6-11(10)15-12/h3-6,9H,2,7-8H2,1H3. The third-order valence-electron chi connectivity index (χ3n) is 2.50. The summed E-state index contributed by atoms with van der Waals surface area (Å²) in [6, 6.07) is 7.87. The highest BCUT2D eigenvalue weighted by Crippen LogP contribution is 2.14. The average Bonchev–Trinajstić information content (AvgIpc) is 2.35. The molecule has 4 heteroatoms. The van der Waals surface area contributed by atoms with Crippen molar-refractivity contribution in [2.24, 2.45) is 0 Å². The highest BCUT2D eigenvalue weighted by atomic mass is 35.5. The minimum Gasteiger partial charge on any atom is -0.354 e. The smallest absolute Gasteiger partial charge is 0.147 e. The Balaban J connectivity index is 2.37. The number of hydrogen-bond acceptors (Lipinski definition) is 3. The molecule has 0 saturated carbocycles. The van der Waals surface area contributed by atoms with Gasteiger partial charge in [-0.25, -0.2) is 4.98 Å². The van der Waals surface area contributed by atoms with E-state index in [1.165, 1.54) is 0 Å². The molecule has 0 bridgehead atoms. The highest BCUT2D eigenvalue weighted by Gasteiger charge is 2.06. The van der Waals surface area contributed by atoms with Crippen LogP contribution in [-0.2, 0) is 0 Å². The van der Waals surface area contributed by atoms with Gasteiger partial charge in [0.1, 0.15) is 5.82 Å². The summed E-state index contributed by atoms with van der Waals surface area (Å²) in [7, 11) is 0. The van der Waals surface area contributed by atoms with Crippen LogP contribution in [-0.4, -0.2) is 28.9 Å². The minimum absolute atomic E-state index is 0.600. The fourth-order valence-corrected chi connectivity index (χ4v) is 1.84. The number of rotatable bonds is 4. The first-order valence-corrected chi connectivity index (χ1v) is 5.91. The first-order valence-electron chi connectivity index (χ1n) is 5.38. The number of fused-ring (bicyclic) bond motifs is 1. The molecule has 0 fully saturated rings. The summed E-state index contributed by atoms with van der Waals surface area (Å²) in [5, 5.41) is 0. The van der Waals surface area contributed by atoms with Crippen LogP contribution < -0.4 is 4.90 Å². The normalized spacial score (nSPS) is 10.6. The van der Waals surface area contributed by atoms with Gasteiger partial charge in [0, 0.05) is 19.0 Å². The van der Waals surface area contributed by atoms with Crippen molar-refractivity contribution >= 4 is 28.5 Å². The molecule has 16 heavy (non-hydrogen) atoms. The lowest BCUT2D eigenvalue weighted by Gasteiger charge is -2.20. The zero-order chi connectivity index (χ0) is 11.4. The second-order valence-corrected chi connectivity index (χ2v) is 3.86. The Kier molecular flexibility index (Phi) is 3.57. The summed E-state index contributed by atoms with van der Waals surface area (Å²) in [4.78, 5) is 11.1. The zero-order valence-corrected chi connectivity index (χ0v) is 9.98. The molecule has 0 spiro atoms. The molecular weight excluding hydrogens is 222 g/mol. The van der Waals surface area contributed by atoms with Gasteiger partial charge in [0.05, 0.1) is 17.2 Å². The molecule has 0 atom stereocenters. The largest absolute Gasteiger partial charge is 0.354 e. The molecule has 1 heterocycles. The van der Waals surface area contributed by atoms with Crippen LogP contribution in [0, 0.1) is 0 Å². The minimum atomic E-state index is 0.600. The van der Waals surface area contributed by atoms with E-state index < -0.39 is 0 Å². The number of alkyl halides is 1. The predicted molar refractivity (Wildman–Crippen MR) is 68.1 cm³/mol. The molecule has 84 valence electrons. The molecule has 0 amide bonds. The Morgan fingerprint density at radius 2 is 2.00 bits per heavy atom. The molecule has 0 radical (unpaired) electrons. The van der Waals surface area contributed by atoms with Gasteiger partial charge >= 0.3 is 0 Å². The van der Waals surface area contributed by atoms with Gasteiger partial charge in [0.2, 0.25) is 0 Å². The van der Waals surface area contributed by atoms with Crippen LogP contribution in [0.2, 0.25) is 0 Å². The Morgan fingerprint density at radius 3 is 2.69 bits per heavy atom. The van der Waals surface area contributed by atoms with E-state index >= 15 is 0 Å². The number of hydrogen-bond donors (Lipinski definition) is 0. The van der Waals surface area contributed by atoms with Gasteiger partial charge in [-0.15, -0.1) is 11.6 Å². The number of aromatic nitrogens is 2. The molecule has 2 aromatic rings. The molecule has 0 aliphatic heterocycles. The van der Waals surface area contributed by atoms with E-state index in [1.807, 2.05) is 24.3 Å². The van der Waals surface area contributed by atoms with Crippen LogP contribution in [0.15, 0.2) is 30.5 Å². The summed E-state index contributed by atoms with van der Waals surface area (Å²) in [5.41, 5.74) is 1.85. The Morgan fingerprint density at radius 1 is 1.25 bits per heavy atom. The van der Waals surface area contributed by atoms with E-state index in [9.17, 15) is 0 Å². The topological polar surface area (TPSA) is 29.0 Å². The molecular formula is C12H14ClN3. The molecule has 0 aliphatic rings. The Bertz CT molecular complexity index is 473. The lowest BCUT2D eigenvalue weighted by molar-refractivity contribution is 0.849.